The van der Waals surface area contributed by atoms with E-state index in [9.17, 15) is 9.46 Å². The monoisotopic (exact) mass is 169 g/mol. The van der Waals surface area contributed by atoms with E-state index in [-0.39, 0.29) is 6.61 Å². The lowest BCUT2D eigenvalue weighted by Gasteiger charge is -2.17. The van der Waals surface area contributed by atoms with Gasteiger partial charge in [0, 0.05) is 0 Å². The molecule has 0 fully saturated rings. The number of hydrogen-bond donors (Lipinski definition) is 2. The third-order valence-corrected chi connectivity index (χ3v) is 1.38. The zero-order chi connectivity index (χ0) is 8.20. The molecule has 62 valence electrons. The van der Waals surface area contributed by atoms with Gasteiger partial charge in [-0.05, 0) is 6.42 Å². The predicted molar refractivity (Wildman–Crippen MR) is 32.1 cm³/mol. The van der Waals surface area contributed by atoms with E-state index in [2.05, 4.69) is 4.52 Å². The first-order chi connectivity index (χ1) is 4.45. The lowest BCUT2D eigenvalue weighted by molar-refractivity contribution is -0.221. The van der Waals surface area contributed by atoms with Crippen molar-refractivity contribution in [3.8, 4) is 0 Å². The van der Waals surface area contributed by atoms with Gasteiger partial charge >= 0.3 is 0 Å². The summed E-state index contributed by atoms with van der Waals surface area (Å²) in [5.74, 6) is 0. The summed E-state index contributed by atoms with van der Waals surface area (Å²) in [4.78, 5) is 17.9. The molecule has 2 atom stereocenters. The van der Waals surface area contributed by atoms with Crippen molar-refractivity contribution in [1.29, 1.82) is 0 Å². The van der Waals surface area contributed by atoms with Crippen molar-refractivity contribution in [2.45, 2.75) is 19.4 Å². The van der Waals surface area contributed by atoms with E-state index < -0.39 is 13.9 Å². The molecule has 0 bridgehead atoms. The van der Waals surface area contributed by atoms with E-state index in [1.807, 2.05) is 0 Å². The SMILES string of the molecule is CCC(O)COP(=O)([O-])O. The summed E-state index contributed by atoms with van der Waals surface area (Å²) in [6.45, 7) is 1.29. The maximum atomic E-state index is 9.90. The molecule has 0 aromatic heterocycles. The fourth-order valence-electron chi connectivity index (χ4n) is 0.298. The molecule has 0 radical (unpaired) electrons. The van der Waals surface area contributed by atoms with Gasteiger partial charge < -0.3 is 19.4 Å². The number of rotatable bonds is 4. The molecular formula is C4H10O5P-. The molecule has 0 heterocycles. The van der Waals surface area contributed by atoms with Crippen LogP contribution in [0.15, 0.2) is 0 Å². The van der Waals surface area contributed by atoms with Crippen LogP contribution in [0, 0.1) is 0 Å². The first kappa shape index (κ1) is 10.1. The van der Waals surface area contributed by atoms with Crippen LogP contribution < -0.4 is 4.89 Å². The van der Waals surface area contributed by atoms with Gasteiger partial charge in [0.1, 0.15) is 0 Å². The van der Waals surface area contributed by atoms with E-state index in [1.165, 1.54) is 0 Å². The van der Waals surface area contributed by atoms with Gasteiger partial charge in [-0.2, -0.15) is 0 Å². The molecule has 2 N–H and O–H groups in total. The number of phosphoric ester groups is 1. The van der Waals surface area contributed by atoms with Crippen LogP contribution in [0.25, 0.3) is 0 Å². The zero-order valence-electron chi connectivity index (χ0n) is 5.56. The van der Waals surface area contributed by atoms with Crippen LogP contribution in [-0.4, -0.2) is 22.7 Å². The third-order valence-electron chi connectivity index (χ3n) is 0.901. The molecule has 0 amide bonds. The van der Waals surface area contributed by atoms with Gasteiger partial charge in [0.25, 0.3) is 7.82 Å². The molecule has 0 aliphatic carbocycles. The molecule has 0 aromatic carbocycles. The molecule has 5 nitrogen and oxygen atoms in total. The van der Waals surface area contributed by atoms with Gasteiger partial charge in [0.2, 0.25) is 0 Å². The number of aliphatic hydroxyl groups excluding tert-OH is 1. The number of phosphoric acid groups is 1. The zero-order valence-corrected chi connectivity index (χ0v) is 6.45. The van der Waals surface area contributed by atoms with Gasteiger partial charge in [-0.15, -0.1) is 0 Å². The van der Waals surface area contributed by atoms with Crippen molar-refractivity contribution in [3.63, 3.8) is 0 Å². The Morgan fingerprint density at radius 2 is 2.30 bits per heavy atom. The highest BCUT2D eigenvalue weighted by atomic mass is 31.2. The van der Waals surface area contributed by atoms with Gasteiger partial charge in [-0.25, -0.2) is 0 Å². The van der Waals surface area contributed by atoms with Crippen LogP contribution in [-0.2, 0) is 9.09 Å². The summed E-state index contributed by atoms with van der Waals surface area (Å²) in [7, 11) is -4.64. The second-order valence-corrected chi connectivity index (χ2v) is 3.02. The molecule has 6 heteroatoms. The van der Waals surface area contributed by atoms with Gasteiger partial charge in [-0.3, -0.25) is 4.57 Å². The van der Waals surface area contributed by atoms with Crippen LogP contribution >= 0.6 is 7.82 Å². The fraction of sp³-hybridized carbons (Fsp3) is 1.00. The maximum absolute atomic E-state index is 9.90. The Labute approximate surface area is 58.9 Å². The molecule has 0 saturated heterocycles. The van der Waals surface area contributed by atoms with E-state index in [0.29, 0.717) is 6.42 Å². The molecule has 0 aliphatic rings. The minimum Gasteiger partial charge on any atom is -0.756 e. The van der Waals surface area contributed by atoms with Crippen molar-refractivity contribution in [2.24, 2.45) is 0 Å². The first-order valence-corrected chi connectivity index (χ1v) is 4.31. The van der Waals surface area contributed by atoms with Crippen LogP contribution in [0.5, 0.6) is 0 Å². The highest BCUT2D eigenvalue weighted by Gasteiger charge is 2.06. The summed E-state index contributed by atoms with van der Waals surface area (Å²) in [6, 6.07) is 0. The Kier molecular flexibility index (Phi) is 4.08. The summed E-state index contributed by atoms with van der Waals surface area (Å²) >= 11 is 0. The van der Waals surface area contributed by atoms with Crippen molar-refractivity contribution in [1.82, 2.24) is 0 Å². The Bertz CT molecular complexity index is 130. The largest absolute Gasteiger partial charge is 0.756 e. The van der Waals surface area contributed by atoms with Gasteiger partial charge in [0.15, 0.2) is 0 Å². The standard InChI is InChI=1S/C4H11O5P/c1-2-4(5)3-9-10(6,7)8/h4-5H,2-3H2,1H3,(H2,6,7,8)/p-1. The maximum Gasteiger partial charge on any atom is 0.265 e. The van der Waals surface area contributed by atoms with Crippen molar-refractivity contribution in [3.05, 3.63) is 0 Å². The Morgan fingerprint density at radius 3 is 2.60 bits per heavy atom. The highest BCUT2D eigenvalue weighted by Crippen LogP contribution is 2.30. The summed E-state index contributed by atoms with van der Waals surface area (Å²) < 4.78 is 13.8. The van der Waals surface area contributed by atoms with Crippen LogP contribution in [0.1, 0.15) is 13.3 Å². The lowest BCUT2D eigenvalue weighted by Crippen LogP contribution is -2.15. The van der Waals surface area contributed by atoms with Crippen molar-refractivity contribution in [2.75, 3.05) is 6.61 Å². The van der Waals surface area contributed by atoms with E-state index in [0.717, 1.165) is 0 Å². The molecular weight excluding hydrogens is 159 g/mol. The number of hydrogen-bond acceptors (Lipinski definition) is 4. The van der Waals surface area contributed by atoms with E-state index in [1.54, 1.807) is 6.92 Å². The van der Waals surface area contributed by atoms with Crippen LogP contribution in [0.4, 0.5) is 0 Å². The van der Waals surface area contributed by atoms with Crippen molar-refractivity contribution < 1.29 is 24.0 Å². The molecule has 0 saturated carbocycles. The minimum atomic E-state index is -4.64. The average Bonchev–Trinajstić information content (AvgIpc) is 1.81. The second-order valence-electron chi connectivity index (χ2n) is 1.83. The summed E-state index contributed by atoms with van der Waals surface area (Å²) in [6.07, 6.45) is -0.450. The van der Waals surface area contributed by atoms with Gasteiger partial charge in [0.05, 0.1) is 12.7 Å². The fourth-order valence-corrected chi connectivity index (χ4v) is 0.659. The highest BCUT2D eigenvalue weighted by molar-refractivity contribution is 7.44. The molecule has 10 heavy (non-hydrogen) atoms. The number of aliphatic hydroxyl groups is 1. The molecule has 0 aromatic rings. The molecule has 0 spiro atoms. The Hall–Kier alpha value is 0.0700. The van der Waals surface area contributed by atoms with Crippen molar-refractivity contribution >= 4 is 7.82 Å². The van der Waals surface area contributed by atoms with E-state index in [4.69, 9.17) is 10.00 Å². The predicted octanol–water partition coefficient (Wildman–Crippen LogP) is -0.765. The minimum absolute atomic E-state index is 0.381. The smallest absolute Gasteiger partial charge is 0.265 e. The molecule has 2 unspecified atom stereocenters. The van der Waals surface area contributed by atoms with Gasteiger partial charge in [-0.1, -0.05) is 6.92 Å². The van der Waals surface area contributed by atoms with Crippen LogP contribution in [0.3, 0.4) is 0 Å². The first-order valence-electron chi connectivity index (χ1n) is 2.82. The molecule has 0 rings (SSSR count). The Balaban J connectivity index is 3.46. The average molecular weight is 169 g/mol. The normalized spacial score (nSPS) is 20.0. The molecule has 0 aliphatic heterocycles. The lowest BCUT2D eigenvalue weighted by atomic mass is 10.3. The summed E-state index contributed by atoms with van der Waals surface area (Å²) in [5.41, 5.74) is 0. The Morgan fingerprint density at radius 1 is 1.80 bits per heavy atom. The summed E-state index contributed by atoms with van der Waals surface area (Å²) in [5, 5.41) is 8.73. The third kappa shape index (κ3) is 6.19. The quantitative estimate of drug-likeness (QED) is 0.539. The second kappa shape index (κ2) is 4.05. The topological polar surface area (TPSA) is 89.8 Å². The van der Waals surface area contributed by atoms with Crippen LogP contribution in [0.2, 0.25) is 0 Å². The van der Waals surface area contributed by atoms with E-state index >= 15 is 0 Å².